The molecule has 1 aromatic carbocycles. The van der Waals surface area contributed by atoms with Crippen LogP contribution in [-0.2, 0) is 12.7 Å². The van der Waals surface area contributed by atoms with Crippen LogP contribution < -0.4 is 11.1 Å². The maximum atomic E-state index is 12.5. The zero-order valence-electron chi connectivity index (χ0n) is 13.9. The molecule has 0 saturated carbocycles. The van der Waals surface area contributed by atoms with Crippen molar-refractivity contribution >= 4 is 5.91 Å². The first-order valence-corrected chi connectivity index (χ1v) is 7.82. The summed E-state index contributed by atoms with van der Waals surface area (Å²) in [6, 6.07) is 4.18. The second-order valence-corrected chi connectivity index (χ2v) is 6.18. The van der Waals surface area contributed by atoms with Crippen LogP contribution in [0.3, 0.4) is 0 Å². The van der Waals surface area contributed by atoms with Crippen molar-refractivity contribution in [1.82, 2.24) is 10.3 Å². The average molecular weight is 355 g/mol. The van der Waals surface area contributed by atoms with E-state index in [-0.39, 0.29) is 18.1 Å². The van der Waals surface area contributed by atoms with Gasteiger partial charge in [-0.1, -0.05) is 26.0 Å². The van der Waals surface area contributed by atoms with Crippen LogP contribution >= 0.6 is 0 Å². The Labute approximate surface area is 143 Å². The Morgan fingerprint density at radius 1 is 1.28 bits per heavy atom. The Morgan fingerprint density at radius 3 is 2.48 bits per heavy atom. The molecule has 1 aromatic heterocycles. The molecule has 0 bridgehead atoms. The van der Waals surface area contributed by atoms with Gasteiger partial charge < -0.3 is 15.5 Å². The molecule has 0 spiro atoms. The number of hydrogen-bond donors (Lipinski definition) is 2. The molecule has 0 radical (unpaired) electrons. The first-order valence-electron chi connectivity index (χ1n) is 7.82. The van der Waals surface area contributed by atoms with Gasteiger partial charge in [0.1, 0.15) is 6.26 Å². The molecular formula is C17H20F3N3O2. The average Bonchev–Trinajstić information content (AvgIpc) is 3.01. The van der Waals surface area contributed by atoms with E-state index in [1.54, 1.807) is 0 Å². The molecule has 0 aliphatic carbocycles. The molecule has 25 heavy (non-hydrogen) atoms. The van der Waals surface area contributed by atoms with Gasteiger partial charge in [0.25, 0.3) is 5.91 Å². The smallest absolute Gasteiger partial charge is 0.416 e. The normalized spacial score (nSPS) is 13.1. The number of oxazole rings is 1. The minimum absolute atomic E-state index is 0.0806. The first kappa shape index (κ1) is 19.0. The molecule has 2 rings (SSSR count). The minimum atomic E-state index is -4.38. The summed E-state index contributed by atoms with van der Waals surface area (Å²) >= 11 is 0. The van der Waals surface area contributed by atoms with E-state index >= 15 is 0 Å². The van der Waals surface area contributed by atoms with Crippen LogP contribution in [-0.4, -0.2) is 10.9 Å². The Bertz CT molecular complexity index is 709. The van der Waals surface area contributed by atoms with E-state index in [9.17, 15) is 18.0 Å². The molecule has 0 saturated heterocycles. The summed E-state index contributed by atoms with van der Waals surface area (Å²) in [5.74, 6) is 0.166. The number of carbonyl (C=O) groups excluding carboxylic acids is 1. The Kier molecular flexibility index (Phi) is 5.84. The minimum Gasteiger partial charge on any atom is -0.446 e. The van der Waals surface area contributed by atoms with E-state index in [1.165, 1.54) is 18.4 Å². The second kappa shape index (κ2) is 7.69. The molecule has 1 unspecified atom stereocenters. The zero-order valence-corrected chi connectivity index (χ0v) is 13.9. The number of halogens is 3. The van der Waals surface area contributed by atoms with Gasteiger partial charge in [-0.15, -0.1) is 0 Å². The lowest BCUT2D eigenvalue weighted by Gasteiger charge is -2.09. The molecular weight excluding hydrogens is 335 g/mol. The lowest BCUT2D eigenvalue weighted by Crippen LogP contribution is -2.23. The fraction of sp³-hybridized carbons (Fsp3) is 0.412. The standard InChI is InChI=1S/C17H20F3N3O2/c1-10(2)7-13(21)16-23-14(9-25-16)15(24)22-8-11-3-5-12(6-4-11)17(18,19)20/h3-6,9-10,13H,7-8,21H2,1-2H3,(H,22,24). The monoisotopic (exact) mass is 355 g/mol. The molecule has 2 aromatic rings. The van der Waals surface area contributed by atoms with Crippen LogP contribution in [0, 0.1) is 5.92 Å². The van der Waals surface area contributed by atoms with Crippen LogP contribution in [0.5, 0.6) is 0 Å². The van der Waals surface area contributed by atoms with Crippen molar-refractivity contribution in [2.75, 3.05) is 0 Å². The number of aromatic nitrogens is 1. The van der Waals surface area contributed by atoms with Crippen LogP contribution in [0.1, 0.15) is 53.8 Å². The van der Waals surface area contributed by atoms with Crippen molar-refractivity contribution in [2.24, 2.45) is 11.7 Å². The number of nitrogens with two attached hydrogens (primary N) is 1. The second-order valence-electron chi connectivity index (χ2n) is 6.18. The fourth-order valence-electron chi connectivity index (χ4n) is 2.26. The zero-order chi connectivity index (χ0) is 18.6. The van der Waals surface area contributed by atoms with Crippen molar-refractivity contribution in [2.45, 2.75) is 39.0 Å². The Morgan fingerprint density at radius 2 is 1.92 bits per heavy atom. The first-order chi connectivity index (χ1) is 11.7. The molecule has 0 aliphatic heterocycles. The highest BCUT2D eigenvalue weighted by molar-refractivity contribution is 5.91. The number of rotatable bonds is 6. The topological polar surface area (TPSA) is 81.1 Å². The van der Waals surface area contributed by atoms with E-state index in [2.05, 4.69) is 10.3 Å². The third-order valence-corrected chi connectivity index (χ3v) is 3.53. The van der Waals surface area contributed by atoms with Crippen LogP contribution in [0.15, 0.2) is 34.9 Å². The number of benzene rings is 1. The number of carbonyl (C=O) groups is 1. The third-order valence-electron chi connectivity index (χ3n) is 3.53. The lowest BCUT2D eigenvalue weighted by atomic mass is 10.0. The van der Waals surface area contributed by atoms with Crippen LogP contribution in [0.25, 0.3) is 0 Å². The third kappa shape index (κ3) is 5.32. The van der Waals surface area contributed by atoms with Gasteiger partial charge in [-0.2, -0.15) is 13.2 Å². The van der Waals surface area contributed by atoms with Gasteiger partial charge >= 0.3 is 6.18 Å². The summed E-state index contributed by atoms with van der Waals surface area (Å²) in [5, 5.41) is 2.58. The molecule has 1 atom stereocenters. The molecule has 1 heterocycles. The Hall–Kier alpha value is -2.35. The molecule has 8 heteroatoms. The molecule has 5 nitrogen and oxygen atoms in total. The fourth-order valence-corrected chi connectivity index (χ4v) is 2.26. The highest BCUT2D eigenvalue weighted by Crippen LogP contribution is 2.29. The summed E-state index contributed by atoms with van der Waals surface area (Å²) in [6.45, 7) is 4.11. The van der Waals surface area contributed by atoms with E-state index in [1.807, 2.05) is 13.8 Å². The molecule has 1 amide bonds. The predicted molar refractivity (Wildman–Crippen MR) is 85.5 cm³/mol. The van der Waals surface area contributed by atoms with Gasteiger partial charge in [-0.3, -0.25) is 4.79 Å². The van der Waals surface area contributed by atoms with E-state index in [0.717, 1.165) is 12.1 Å². The van der Waals surface area contributed by atoms with Gasteiger partial charge in [-0.05, 0) is 30.0 Å². The highest BCUT2D eigenvalue weighted by Gasteiger charge is 2.29. The molecule has 136 valence electrons. The molecule has 0 fully saturated rings. The maximum Gasteiger partial charge on any atom is 0.416 e. The Balaban J connectivity index is 1.93. The number of hydrogen-bond acceptors (Lipinski definition) is 4. The van der Waals surface area contributed by atoms with Gasteiger partial charge in [0, 0.05) is 6.54 Å². The van der Waals surface area contributed by atoms with Gasteiger partial charge in [0.15, 0.2) is 5.69 Å². The van der Waals surface area contributed by atoms with E-state index < -0.39 is 23.7 Å². The number of alkyl halides is 3. The van der Waals surface area contributed by atoms with Crippen LogP contribution in [0.2, 0.25) is 0 Å². The van der Waals surface area contributed by atoms with Crippen molar-refractivity contribution in [3.8, 4) is 0 Å². The van der Waals surface area contributed by atoms with Gasteiger partial charge in [-0.25, -0.2) is 4.98 Å². The number of amides is 1. The van der Waals surface area contributed by atoms with Crippen molar-refractivity contribution in [1.29, 1.82) is 0 Å². The highest BCUT2D eigenvalue weighted by atomic mass is 19.4. The predicted octanol–water partition coefficient (Wildman–Crippen LogP) is 3.67. The lowest BCUT2D eigenvalue weighted by molar-refractivity contribution is -0.137. The van der Waals surface area contributed by atoms with Crippen LogP contribution in [0.4, 0.5) is 13.2 Å². The summed E-state index contributed by atoms with van der Waals surface area (Å²) in [7, 11) is 0. The SMILES string of the molecule is CC(C)CC(N)c1nc(C(=O)NCc2ccc(C(F)(F)F)cc2)co1. The quantitative estimate of drug-likeness (QED) is 0.828. The van der Waals surface area contributed by atoms with Gasteiger partial charge in [0.2, 0.25) is 5.89 Å². The summed E-state index contributed by atoms with van der Waals surface area (Å²) in [5.41, 5.74) is 5.84. The van der Waals surface area contributed by atoms with Crippen molar-refractivity contribution in [3.05, 3.63) is 53.2 Å². The summed E-state index contributed by atoms with van der Waals surface area (Å²) in [4.78, 5) is 16.1. The van der Waals surface area contributed by atoms with Crippen molar-refractivity contribution in [3.63, 3.8) is 0 Å². The number of nitrogens with zero attached hydrogens (tertiary/aromatic N) is 1. The number of nitrogens with one attached hydrogen (secondary N) is 1. The van der Waals surface area contributed by atoms with Crippen molar-refractivity contribution < 1.29 is 22.4 Å². The molecule has 3 N–H and O–H groups in total. The van der Waals surface area contributed by atoms with E-state index in [4.69, 9.17) is 10.2 Å². The van der Waals surface area contributed by atoms with Gasteiger partial charge in [0.05, 0.1) is 11.6 Å². The maximum absolute atomic E-state index is 12.5. The van der Waals surface area contributed by atoms with E-state index in [0.29, 0.717) is 17.9 Å². The molecule has 0 aliphatic rings. The summed E-state index contributed by atoms with van der Waals surface area (Å²) < 4.78 is 42.7. The summed E-state index contributed by atoms with van der Waals surface area (Å²) in [6.07, 6.45) is -2.49. The largest absolute Gasteiger partial charge is 0.446 e.